The smallest absolute Gasteiger partial charge is 0.238 e. The first kappa shape index (κ1) is 20.0. The second-order valence-electron chi connectivity index (χ2n) is 7.33. The van der Waals surface area contributed by atoms with E-state index in [2.05, 4.69) is 17.4 Å². The van der Waals surface area contributed by atoms with E-state index < -0.39 is 9.84 Å². The third-order valence-corrected chi connectivity index (χ3v) is 7.64. The van der Waals surface area contributed by atoms with Crippen LogP contribution in [0, 0.1) is 5.92 Å². The van der Waals surface area contributed by atoms with Crippen molar-refractivity contribution in [3.05, 3.63) is 53.6 Å². The molecule has 1 atom stereocenters. The van der Waals surface area contributed by atoms with Crippen LogP contribution in [-0.4, -0.2) is 25.8 Å². The van der Waals surface area contributed by atoms with Gasteiger partial charge in [-0.15, -0.1) is 11.8 Å². The zero-order chi connectivity index (χ0) is 19.6. The lowest BCUT2D eigenvalue weighted by atomic mass is 10.1. The molecule has 0 saturated carbocycles. The molecule has 3 rings (SSSR count). The molecule has 0 radical (unpaired) electrons. The molecule has 1 aliphatic carbocycles. The lowest BCUT2D eigenvalue weighted by Gasteiger charge is -2.21. The lowest BCUT2D eigenvalue weighted by Crippen LogP contribution is -2.29. The van der Waals surface area contributed by atoms with Gasteiger partial charge in [0.2, 0.25) is 5.91 Å². The Balaban J connectivity index is 1.81. The van der Waals surface area contributed by atoms with Crippen molar-refractivity contribution in [2.75, 3.05) is 11.6 Å². The van der Waals surface area contributed by atoms with Gasteiger partial charge in [-0.2, -0.15) is 0 Å². The first-order valence-electron chi connectivity index (χ1n) is 9.14. The summed E-state index contributed by atoms with van der Waals surface area (Å²) >= 11 is 1.31. The number of amides is 1. The molecule has 1 N–H and O–H groups in total. The van der Waals surface area contributed by atoms with E-state index in [1.54, 1.807) is 24.3 Å². The van der Waals surface area contributed by atoms with E-state index in [0.717, 1.165) is 18.5 Å². The summed E-state index contributed by atoms with van der Waals surface area (Å²) < 4.78 is 24.1. The third-order valence-electron chi connectivity index (χ3n) is 4.73. The van der Waals surface area contributed by atoms with Gasteiger partial charge in [0.05, 0.1) is 10.1 Å². The minimum atomic E-state index is -3.35. The van der Waals surface area contributed by atoms with Crippen molar-refractivity contribution in [3.63, 3.8) is 0 Å². The second-order valence-corrected chi connectivity index (χ2v) is 10.5. The Kier molecular flexibility index (Phi) is 5.96. The van der Waals surface area contributed by atoms with Crippen LogP contribution in [0.1, 0.15) is 31.4 Å². The highest BCUT2D eigenvalue weighted by molar-refractivity contribution is 8.01. The molecule has 0 heterocycles. The summed E-state index contributed by atoms with van der Waals surface area (Å²) in [5.41, 5.74) is 3.48. The Morgan fingerprint density at radius 3 is 2.48 bits per heavy atom. The maximum absolute atomic E-state index is 12.9. The van der Waals surface area contributed by atoms with Gasteiger partial charge in [-0.25, -0.2) is 8.42 Å². The van der Waals surface area contributed by atoms with E-state index >= 15 is 0 Å². The number of benzene rings is 2. The van der Waals surface area contributed by atoms with Crippen LogP contribution in [0.15, 0.2) is 52.3 Å². The van der Waals surface area contributed by atoms with Crippen molar-refractivity contribution in [1.29, 1.82) is 0 Å². The van der Waals surface area contributed by atoms with Gasteiger partial charge in [-0.3, -0.25) is 4.79 Å². The fourth-order valence-corrected chi connectivity index (χ4v) is 5.76. The van der Waals surface area contributed by atoms with Crippen molar-refractivity contribution in [1.82, 2.24) is 0 Å². The van der Waals surface area contributed by atoms with E-state index in [0.29, 0.717) is 4.90 Å². The van der Waals surface area contributed by atoms with Gasteiger partial charge in [0.1, 0.15) is 0 Å². The highest BCUT2D eigenvalue weighted by atomic mass is 32.2. The first-order chi connectivity index (χ1) is 12.8. The minimum Gasteiger partial charge on any atom is -0.325 e. The van der Waals surface area contributed by atoms with Gasteiger partial charge in [-0.1, -0.05) is 32.0 Å². The predicted octanol–water partition coefficient (Wildman–Crippen LogP) is 4.33. The summed E-state index contributed by atoms with van der Waals surface area (Å²) in [6.07, 6.45) is 4.53. The van der Waals surface area contributed by atoms with Crippen molar-refractivity contribution in [2.24, 2.45) is 5.92 Å². The van der Waals surface area contributed by atoms with E-state index in [4.69, 9.17) is 0 Å². The summed E-state index contributed by atoms with van der Waals surface area (Å²) in [6, 6.07) is 13.0. The molecule has 1 aliphatic rings. The summed E-state index contributed by atoms with van der Waals surface area (Å²) in [5.74, 6) is -0.0479. The number of sulfone groups is 1. The van der Waals surface area contributed by atoms with Crippen molar-refractivity contribution < 1.29 is 13.2 Å². The second kappa shape index (κ2) is 8.07. The number of hydrogen-bond acceptors (Lipinski definition) is 4. The van der Waals surface area contributed by atoms with Gasteiger partial charge in [0, 0.05) is 16.8 Å². The molecular formula is C21H25NO3S2. The number of rotatable bonds is 6. The van der Waals surface area contributed by atoms with Crippen LogP contribution in [0.25, 0.3) is 0 Å². The summed E-state index contributed by atoms with van der Waals surface area (Å²) in [6.45, 7) is 3.95. The van der Waals surface area contributed by atoms with Crippen LogP contribution < -0.4 is 5.32 Å². The van der Waals surface area contributed by atoms with Gasteiger partial charge >= 0.3 is 0 Å². The van der Waals surface area contributed by atoms with E-state index in [9.17, 15) is 13.2 Å². The molecule has 0 saturated heterocycles. The van der Waals surface area contributed by atoms with Crippen LogP contribution >= 0.6 is 11.8 Å². The molecule has 1 unspecified atom stereocenters. The average molecular weight is 404 g/mol. The zero-order valence-corrected chi connectivity index (χ0v) is 17.5. The molecule has 27 heavy (non-hydrogen) atoms. The summed E-state index contributed by atoms with van der Waals surface area (Å²) in [7, 11) is -3.35. The third kappa shape index (κ3) is 4.74. The normalized spacial score (nSPS) is 14.8. The quantitative estimate of drug-likeness (QED) is 0.729. The summed E-state index contributed by atoms with van der Waals surface area (Å²) in [5, 5.41) is 2.63. The number of aryl methyl sites for hydroxylation is 2. The van der Waals surface area contributed by atoms with E-state index in [1.807, 2.05) is 19.9 Å². The maximum Gasteiger partial charge on any atom is 0.238 e. The fraction of sp³-hybridized carbons (Fsp3) is 0.381. The minimum absolute atomic E-state index is 0.0528. The number of anilines is 1. The topological polar surface area (TPSA) is 63.2 Å². The van der Waals surface area contributed by atoms with Crippen LogP contribution in [0.5, 0.6) is 0 Å². The monoisotopic (exact) mass is 403 g/mol. The molecule has 2 aromatic rings. The maximum atomic E-state index is 12.9. The lowest BCUT2D eigenvalue weighted by molar-refractivity contribution is -0.116. The Morgan fingerprint density at radius 2 is 1.78 bits per heavy atom. The molecule has 144 valence electrons. The van der Waals surface area contributed by atoms with Gasteiger partial charge in [-0.05, 0) is 60.6 Å². The predicted molar refractivity (Wildman–Crippen MR) is 111 cm³/mol. The Hall–Kier alpha value is -1.79. The molecule has 0 bridgehead atoms. The van der Waals surface area contributed by atoms with Crippen LogP contribution in [-0.2, 0) is 27.5 Å². The SMILES string of the molecule is CC(C)C(Sc1ccccc1S(C)(=O)=O)C(=O)Nc1ccc2c(c1)CCC2. The number of carbonyl (C=O) groups is 1. The molecule has 0 spiro atoms. The van der Waals surface area contributed by atoms with Gasteiger partial charge in [0.15, 0.2) is 9.84 Å². The molecule has 0 fully saturated rings. The number of nitrogens with one attached hydrogen (secondary N) is 1. The van der Waals surface area contributed by atoms with Crippen LogP contribution in [0.3, 0.4) is 0 Å². The number of hydrogen-bond donors (Lipinski definition) is 1. The van der Waals surface area contributed by atoms with Crippen LogP contribution in [0.4, 0.5) is 5.69 Å². The molecule has 0 aromatic heterocycles. The average Bonchev–Trinajstić information content (AvgIpc) is 3.06. The number of fused-ring (bicyclic) bond motifs is 1. The number of carbonyl (C=O) groups excluding carboxylic acids is 1. The van der Waals surface area contributed by atoms with Crippen molar-refractivity contribution in [3.8, 4) is 0 Å². The van der Waals surface area contributed by atoms with Gasteiger partial charge in [0.25, 0.3) is 0 Å². The number of thioether (sulfide) groups is 1. The molecule has 6 heteroatoms. The highest BCUT2D eigenvalue weighted by Gasteiger charge is 2.26. The van der Waals surface area contributed by atoms with Gasteiger partial charge < -0.3 is 5.32 Å². The van der Waals surface area contributed by atoms with Crippen LogP contribution in [0.2, 0.25) is 0 Å². The molecule has 1 amide bonds. The highest BCUT2D eigenvalue weighted by Crippen LogP contribution is 2.34. The van der Waals surface area contributed by atoms with Crippen molar-refractivity contribution in [2.45, 2.75) is 48.2 Å². The fourth-order valence-electron chi connectivity index (χ4n) is 3.35. The Bertz CT molecular complexity index is 952. The Labute approximate surface area is 165 Å². The summed E-state index contributed by atoms with van der Waals surface area (Å²) in [4.78, 5) is 13.8. The zero-order valence-electron chi connectivity index (χ0n) is 15.9. The molecular weight excluding hydrogens is 378 g/mol. The Morgan fingerprint density at radius 1 is 1.07 bits per heavy atom. The molecule has 4 nitrogen and oxygen atoms in total. The van der Waals surface area contributed by atoms with E-state index in [1.165, 1.54) is 35.6 Å². The molecule has 0 aliphatic heterocycles. The van der Waals surface area contributed by atoms with Crippen molar-refractivity contribution >= 4 is 33.2 Å². The standard InChI is InChI=1S/C21H25NO3S2/c1-14(2)20(26-18-9-4-5-10-19(18)27(3,24)25)21(23)22-17-12-11-15-7-6-8-16(15)13-17/h4-5,9-14,20H,6-8H2,1-3H3,(H,22,23). The van der Waals surface area contributed by atoms with E-state index in [-0.39, 0.29) is 22.0 Å². The first-order valence-corrected chi connectivity index (χ1v) is 11.9. The molecule has 2 aromatic carbocycles. The largest absolute Gasteiger partial charge is 0.325 e.